The number of rotatable bonds is 5. The van der Waals surface area contributed by atoms with Crippen molar-refractivity contribution in [3.63, 3.8) is 0 Å². The molecule has 2 aliphatic rings. The molecule has 1 aromatic rings. The molecule has 1 saturated heterocycles. The third-order valence-electron chi connectivity index (χ3n) is 5.68. The summed E-state index contributed by atoms with van der Waals surface area (Å²) in [6, 6.07) is 11.2. The average Bonchev–Trinajstić information content (AvgIpc) is 2.57. The van der Waals surface area contributed by atoms with Crippen LogP contribution >= 0.6 is 0 Å². The quantitative estimate of drug-likeness (QED) is 0.904. The number of likely N-dealkylation sites (tertiary alicyclic amines) is 1. The second-order valence-electron chi connectivity index (χ2n) is 7.58. The molecule has 23 heavy (non-hydrogen) atoms. The van der Waals surface area contributed by atoms with Crippen molar-refractivity contribution in [3.05, 3.63) is 35.9 Å². The Bertz CT molecular complexity index is 456. The highest BCUT2D eigenvalue weighted by Crippen LogP contribution is 2.27. The minimum Gasteiger partial charge on any atom is -0.391 e. The number of hydrogen-bond donors (Lipinski definition) is 1. The Morgan fingerprint density at radius 2 is 1.74 bits per heavy atom. The van der Waals surface area contributed by atoms with Crippen LogP contribution in [0.4, 0.5) is 0 Å². The molecule has 0 unspecified atom stereocenters. The lowest BCUT2D eigenvalue weighted by atomic mass is 9.88. The Balaban J connectivity index is 1.42. The summed E-state index contributed by atoms with van der Waals surface area (Å²) >= 11 is 0. The minimum atomic E-state index is -0.0824. The molecular weight excluding hydrogens is 284 g/mol. The molecule has 1 saturated carbocycles. The summed E-state index contributed by atoms with van der Waals surface area (Å²) in [7, 11) is 2.24. The van der Waals surface area contributed by atoms with Gasteiger partial charge in [0, 0.05) is 19.1 Å². The zero-order valence-corrected chi connectivity index (χ0v) is 14.5. The van der Waals surface area contributed by atoms with Crippen LogP contribution in [-0.2, 0) is 6.54 Å². The number of aliphatic hydroxyl groups excluding tert-OH is 1. The van der Waals surface area contributed by atoms with Crippen molar-refractivity contribution in [1.82, 2.24) is 9.80 Å². The standard InChI is InChI=1S/C20H32N2O/c1-21(15-17-7-3-2-4-8-17)16-18-11-13-22(14-12-18)19-9-5-6-10-20(19)23/h2-4,7-8,18-20,23H,5-6,9-16H2,1H3/t19-,20-/m0/s1. The number of aliphatic hydroxyl groups is 1. The van der Waals surface area contributed by atoms with Crippen molar-refractivity contribution in [1.29, 1.82) is 0 Å². The highest BCUT2D eigenvalue weighted by Gasteiger charge is 2.31. The summed E-state index contributed by atoms with van der Waals surface area (Å²) in [5, 5.41) is 10.2. The van der Waals surface area contributed by atoms with E-state index in [2.05, 4.69) is 47.2 Å². The first kappa shape index (κ1) is 16.9. The molecule has 1 aliphatic heterocycles. The highest BCUT2D eigenvalue weighted by molar-refractivity contribution is 5.14. The fraction of sp³-hybridized carbons (Fsp3) is 0.700. The van der Waals surface area contributed by atoms with Gasteiger partial charge >= 0.3 is 0 Å². The van der Waals surface area contributed by atoms with Crippen LogP contribution < -0.4 is 0 Å². The second kappa shape index (κ2) is 8.27. The van der Waals surface area contributed by atoms with E-state index in [1.807, 2.05) is 0 Å². The summed E-state index contributed by atoms with van der Waals surface area (Å²) in [5.41, 5.74) is 1.40. The molecule has 0 amide bonds. The molecule has 1 aromatic carbocycles. The van der Waals surface area contributed by atoms with Gasteiger partial charge in [0.1, 0.15) is 0 Å². The van der Waals surface area contributed by atoms with Crippen molar-refractivity contribution in [2.75, 3.05) is 26.7 Å². The first-order valence-electron chi connectivity index (χ1n) is 9.37. The third-order valence-corrected chi connectivity index (χ3v) is 5.68. The molecule has 1 aliphatic carbocycles. The molecule has 0 aromatic heterocycles. The normalized spacial score (nSPS) is 27.4. The zero-order chi connectivity index (χ0) is 16.1. The van der Waals surface area contributed by atoms with Crippen molar-refractivity contribution >= 4 is 0 Å². The Morgan fingerprint density at radius 3 is 2.43 bits per heavy atom. The zero-order valence-electron chi connectivity index (χ0n) is 14.5. The molecule has 1 heterocycles. The molecular formula is C20H32N2O. The Hall–Kier alpha value is -0.900. The van der Waals surface area contributed by atoms with E-state index in [4.69, 9.17) is 0 Å². The summed E-state index contributed by atoms with van der Waals surface area (Å²) in [4.78, 5) is 5.03. The maximum Gasteiger partial charge on any atom is 0.0695 e. The van der Waals surface area contributed by atoms with Gasteiger partial charge in [-0.1, -0.05) is 43.2 Å². The number of nitrogens with zero attached hydrogens (tertiary/aromatic N) is 2. The van der Waals surface area contributed by atoms with Crippen LogP contribution in [0, 0.1) is 5.92 Å². The van der Waals surface area contributed by atoms with E-state index >= 15 is 0 Å². The molecule has 3 heteroatoms. The van der Waals surface area contributed by atoms with Gasteiger partial charge in [0.2, 0.25) is 0 Å². The second-order valence-corrected chi connectivity index (χ2v) is 7.58. The molecule has 1 N–H and O–H groups in total. The van der Waals surface area contributed by atoms with E-state index in [9.17, 15) is 5.11 Å². The van der Waals surface area contributed by atoms with E-state index in [0.717, 1.165) is 18.9 Å². The van der Waals surface area contributed by atoms with E-state index in [0.29, 0.717) is 6.04 Å². The van der Waals surface area contributed by atoms with Gasteiger partial charge in [-0.3, -0.25) is 4.90 Å². The van der Waals surface area contributed by atoms with Gasteiger partial charge in [0.15, 0.2) is 0 Å². The molecule has 3 nitrogen and oxygen atoms in total. The SMILES string of the molecule is CN(Cc1ccccc1)CC1CCN([C@H]2CCCC[C@@H]2O)CC1. The van der Waals surface area contributed by atoms with Crippen LogP contribution in [0.2, 0.25) is 0 Å². The van der Waals surface area contributed by atoms with E-state index < -0.39 is 0 Å². The minimum absolute atomic E-state index is 0.0824. The van der Waals surface area contributed by atoms with E-state index in [-0.39, 0.29) is 6.10 Å². The Kier molecular flexibility index (Phi) is 6.09. The molecule has 0 bridgehead atoms. The fourth-order valence-electron chi connectivity index (χ4n) is 4.39. The molecule has 3 rings (SSSR count). The van der Waals surface area contributed by atoms with Gasteiger partial charge in [-0.15, -0.1) is 0 Å². The predicted molar refractivity (Wildman–Crippen MR) is 95.3 cm³/mol. The van der Waals surface area contributed by atoms with Gasteiger partial charge in [0.05, 0.1) is 6.10 Å². The van der Waals surface area contributed by atoms with Crippen molar-refractivity contribution < 1.29 is 5.11 Å². The third kappa shape index (κ3) is 4.79. The number of piperidine rings is 1. The summed E-state index contributed by atoms with van der Waals surface area (Å²) in [6.45, 7) is 4.58. The molecule has 2 atom stereocenters. The van der Waals surface area contributed by atoms with Gasteiger partial charge in [-0.05, 0) is 57.3 Å². The lowest BCUT2D eigenvalue weighted by Crippen LogP contribution is -2.49. The molecule has 0 radical (unpaired) electrons. The van der Waals surface area contributed by atoms with Crippen molar-refractivity contribution in [2.24, 2.45) is 5.92 Å². The average molecular weight is 316 g/mol. The molecule has 2 fully saturated rings. The van der Waals surface area contributed by atoms with Crippen molar-refractivity contribution in [3.8, 4) is 0 Å². The van der Waals surface area contributed by atoms with E-state index in [1.165, 1.54) is 57.3 Å². The first-order chi connectivity index (χ1) is 11.2. The smallest absolute Gasteiger partial charge is 0.0695 e. The highest BCUT2D eigenvalue weighted by atomic mass is 16.3. The van der Waals surface area contributed by atoms with Crippen LogP contribution in [0.15, 0.2) is 30.3 Å². The van der Waals surface area contributed by atoms with E-state index in [1.54, 1.807) is 0 Å². The maximum atomic E-state index is 10.2. The molecule has 128 valence electrons. The lowest BCUT2D eigenvalue weighted by Gasteiger charge is -2.42. The summed E-state index contributed by atoms with van der Waals surface area (Å²) in [5.74, 6) is 0.806. The van der Waals surface area contributed by atoms with Gasteiger partial charge in [-0.25, -0.2) is 0 Å². The summed E-state index contributed by atoms with van der Waals surface area (Å²) in [6.07, 6.45) is 7.18. The van der Waals surface area contributed by atoms with Crippen LogP contribution in [0.3, 0.4) is 0 Å². The largest absolute Gasteiger partial charge is 0.391 e. The van der Waals surface area contributed by atoms with Gasteiger partial charge in [-0.2, -0.15) is 0 Å². The monoisotopic (exact) mass is 316 g/mol. The number of benzene rings is 1. The molecule has 0 spiro atoms. The Morgan fingerprint density at radius 1 is 1.04 bits per heavy atom. The van der Waals surface area contributed by atoms with Crippen LogP contribution in [0.1, 0.15) is 44.1 Å². The van der Waals surface area contributed by atoms with Crippen molar-refractivity contribution in [2.45, 2.75) is 57.2 Å². The van der Waals surface area contributed by atoms with Gasteiger partial charge < -0.3 is 10.0 Å². The van der Waals surface area contributed by atoms with Crippen LogP contribution in [-0.4, -0.2) is 53.7 Å². The van der Waals surface area contributed by atoms with Crippen LogP contribution in [0.25, 0.3) is 0 Å². The predicted octanol–water partition coefficient (Wildman–Crippen LogP) is 3.13. The topological polar surface area (TPSA) is 26.7 Å². The Labute approximate surface area is 141 Å². The van der Waals surface area contributed by atoms with Crippen LogP contribution in [0.5, 0.6) is 0 Å². The maximum absolute atomic E-state index is 10.2. The lowest BCUT2D eigenvalue weighted by molar-refractivity contribution is 0.00168. The first-order valence-corrected chi connectivity index (χ1v) is 9.37. The number of hydrogen-bond acceptors (Lipinski definition) is 3. The summed E-state index contributed by atoms with van der Waals surface area (Å²) < 4.78 is 0. The van der Waals surface area contributed by atoms with Gasteiger partial charge in [0.25, 0.3) is 0 Å². The fourth-order valence-corrected chi connectivity index (χ4v) is 4.39.